The van der Waals surface area contributed by atoms with Gasteiger partial charge in [-0.1, -0.05) is 48.5 Å². The molecule has 0 unspecified atom stereocenters. The molecule has 10 heteroatoms. The average Bonchev–Trinajstić information content (AvgIpc) is 3.68. The number of anilines is 2. The zero-order chi connectivity index (χ0) is 33.1. The summed E-state index contributed by atoms with van der Waals surface area (Å²) in [7, 11) is 0. The Bertz CT molecular complexity index is 2800. The fraction of sp³-hybridized carbons (Fsp3) is 0.0526. The van der Waals surface area contributed by atoms with Gasteiger partial charge in [0.05, 0.1) is 43.6 Å². The van der Waals surface area contributed by atoms with Gasteiger partial charge in [0.25, 0.3) is 11.1 Å². The Kier molecular flexibility index (Phi) is 6.39. The molecular formula is C38H24N8O2. The summed E-state index contributed by atoms with van der Waals surface area (Å²) in [6.45, 7) is 3.50. The molecule has 2 N–H and O–H groups in total. The van der Waals surface area contributed by atoms with Crippen LogP contribution in [0.1, 0.15) is 22.3 Å². The van der Waals surface area contributed by atoms with Gasteiger partial charge in [0.15, 0.2) is 11.3 Å². The van der Waals surface area contributed by atoms with Crippen LogP contribution in [0, 0.1) is 36.5 Å². The highest BCUT2D eigenvalue weighted by atomic mass is 16.1. The van der Waals surface area contributed by atoms with Gasteiger partial charge in [-0.2, -0.15) is 10.5 Å². The monoisotopic (exact) mass is 624 g/mol. The zero-order valence-corrected chi connectivity index (χ0v) is 25.7. The van der Waals surface area contributed by atoms with Gasteiger partial charge in [-0.25, -0.2) is 9.97 Å². The summed E-state index contributed by atoms with van der Waals surface area (Å²) in [5.74, 6) is 0. The number of para-hydroxylation sites is 4. The molecule has 0 aliphatic heterocycles. The van der Waals surface area contributed by atoms with Crippen LogP contribution in [-0.4, -0.2) is 18.8 Å². The van der Waals surface area contributed by atoms with Gasteiger partial charge in [-0.15, -0.1) is 0 Å². The molecule has 4 aromatic carbocycles. The molecular weight excluding hydrogens is 600 g/mol. The third-order valence-electron chi connectivity index (χ3n) is 8.88. The van der Waals surface area contributed by atoms with Crippen molar-refractivity contribution in [3.8, 4) is 12.1 Å². The Morgan fingerprint density at radius 1 is 0.604 bits per heavy atom. The van der Waals surface area contributed by atoms with Crippen molar-refractivity contribution in [2.75, 3.05) is 10.6 Å². The Hall–Kier alpha value is -7.04. The second-order valence-corrected chi connectivity index (χ2v) is 11.5. The molecule has 10 nitrogen and oxygen atoms in total. The lowest BCUT2D eigenvalue weighted by Crippen LogP contribution is -2.35. The molecule has 0 aliphatic rings. The molecule has 0 amide bonds. The topological polar surface area (TPSA) is 140 Å². The van der Waals surface area contributed by atoms with E-state index in [-0.39, 0.29) is 11.1 Å². The molecule has 4 aromatic heterocycles. The fourth-order valence-electron chi connectivity index (χ4n) is 6.43. The van der Waals surface area contributed by atoms with Crippen LogP contribution in [0.4, 0.5) is 11.4 Å². The lowest BCUT2D eigenvalue weighted by Gasteiger charge is -2.11. The van der Waals surface area contributed by atoms with Gasteiger partial charge in [0.2, 0.25) is 0 Å². The lowest BCUT2D eigenvalue weighted by molar-refractivity contribution is 1.10. The maximum absolute atomic E-state index is 13.8. The largest absolute Gasteiger partial charge is 0.360 e. The van der Waals surface area contributed by atoms with Crippen molar-refractivity contribution in [1.29, 1.82) is 10.5 Å². The summed E-state index contributed by atoms with van der Waals surface area (Å²) in [5.41, 5.74) is 5.93. The highest BCUT2D eigenvalue weighted by Crippen LogP contribution is 2.29. The molecule has 0 aliphatic carbocycles. The highest BCUT2D eigenvalue weighted by Gasteiger charge is 2.17. The molecule has 0 saturated carbocycles. The van der Waals surface area contributed by atoms with Crippen molar-refractivity contribution in [1.82, 2.24) is 18.8 Å². The first-order chi connectivity index (χ1) is 23.4. The van der Waals surface area contributed by atoms with Crippen LogP contribution >= 0.6 is 0 Å². The number of benzene rings is 4. The maximum Gasteiger partial charge on any atom is 0.265 e. The Labute approximate surface area is 271 Å². The normalized spacial score (nSPS) is 12.3. The van der Waals surface area contributed by atoms with Crippen molar-refractivity contribution < 1.29 is 0 Å². The molecule has 0 spiro atoms. The third-order valence-corrected chi connectivity index (χ3v) is 8.88. The van der Waals surface area contributed by atoms with Crippen LogP contribution in [0.2, 0.25) is 0 Å². The van der Waals surface area contributed by atoms with Crippen LogP contribution in [-0.2, 0) is 0 Å². The van der Waals surface area contributed by atoms with Crippen molar-refractivity contribution in [3.05, 3.63) is 138 Å². The van der Waals surface area contributed by atoms with Gasteiger partial charge in [0, 0.05) is 34.5 Å². The van der Waals surface area contributed by atoms with E-state index in [0.717, 1.165) is 22.1 Å². The maximum atomic E-state index is 13.8. The van der Waals surface area contributed by atoms with Crippen LogP contribution in [0.15, 0.2) is 94.5 Å². The summed E-state index contributed by atoms with van der Waals surface area (Å²) in [5, 5.41) is 29.1. The van der Waals surface area contributed by atoms with Gasteiger partial charge >= 0.3 is 0 Å². The summed E-state index contributed by atoms with van der Waals surface area (Å²) < 4.78 is 2.98. The van der Waals surface area contributed by atoms with Crippen molar-refractivity contribution in [2.45, 2.75) is 13.8 Å². The average molecular weight is 625 g/mol. The smallest absolute Gasteiger partial charge is 0.265 e. The SMILES string of the molecule is Cc1c(C#N)c2nc3ccccc3n2c(=O)c1=CNc1cccc2c(NC=c3c(C)c(C#N)c4nc5ccccc5n4c3=O)cccc12. The molecule has 0 bridgehead atoms. The van der Waals surface area contributed by atoms with E-state index >= 15 is 0 Å². The Morgan fingerprint density at radius 3 is 1.44 bits per heavy atom. The molecule has 4 heterocycles. The van der Waals surface area contributed by atoms with E-state index in [0.29, 0.717) is 66.1 Å². The van der Waals surface area contributed by atoms with Crippen LogP contribution in [0.25, 0.3) is 56.5 Å². The number of fused-ring (bicyclic) bond motifs is 7. The first-order valence-electron chi connectivity index (χ1n) is 15.1. The van der Waals surface area contributed by atoms with E-state index in [1.165, 1.54) is 8.80 Å². The first-order valence-corrected chi connectivity index (χ1v) is 15.1. The van der Waals surface area contributed by atoms with E-state index in [1.54, 1.807) is 26.2 Å². The van der Waals surface area contributed by atoms with E-state index < -0.39 is 0 Å². The first kappa shape index (κ1) is 28.4. The van der Waals surface area contributed by atoms with Gasteiger partial charge in [-0.3, -0.25) is 18.4 Å². The van der Waals surface area contributed by atoms with E-state index in [1.807, 2.05) is 84.9 Å². The molecule has 48 heavy (non-hydrogen) atoms. The molecule has 228 valence electrons. The van der Waals surface area contributed by atoms with E-state index in [4.69, 9.17) is 0 Å². The second kappa shape index (κ2) is 10.8. The minimum absolute atomic E-state index is 0.275. The minimum Gasteiger partial charge on any atom is -0.360 e. The fourth-order valence-corrected chi connectivity index (χ4v) is 6.43. The molecule has 8 rings (SSSR count). The number of nitriles is 2. The Balaban J connectivity index is 1.24. The number of hydrogen-bond acceptors (Lipinski definition) is 8. The summed E-state index contributed by atoms with van der Waals surface area (Å²) in [6, 6.07) is 30.6. The van der Waals surface area contributed by atoms with E-state index in [9.17, 15) is 20.1 Å². The summed E-state index contributed by atoms with van der Waals surface area (Å²) >= 11 is 0. The quantitative estimate of drug-likeness (QED) is 0.288. The molecule has 8 aromatic rings. The van der Waals surface area contributed by atoms with Crippen LogP contribution in [0.5, 0.6) is 0 Å². The third kappa shape index (κ3) is 4.10. The van der Waals surface area contributed by atoms with Crippen molar-refractivity contribution >= 4 is 67.9 Å². The van der Waals surface area contributed by atoms with Crippen LogP contribution in [0.3, 0.4) is 0 Å². The number of rotatable bonds is 4. The Morgan fingerprint density at radius 2 is 1.02 bits per heavy atom. The lowest BCUT2D eigenvalue weighted by atomic mass is 10.1. The van der Waals surface area contributed by atoms with Gasteiger partial charge in [-0.05, 0) is 61.4 Å². The molecule has 0 saturated heterocycles. The number of aromatic nitrogens is 4. The number of imidazole rings is 2. The van der Waals surface area contributed by atoms with Crippen LogP contribution < -0.4 is 32.2 Å². The molecule has 0 radical (unpaired) electrons. The number of pyridine rings is 2. The molecule has 0 atom stereocenters. The predicted octanol–water partition coefficient (Wildman–Crippen LogP) is 4.66. The second-order valence-electron chi connectivity index (χ2n) is 11.5. The molecule has 0 fully saturated rings. The number of nitrogens with one attached hydrogen (secondary N) is 2. The van der Waals surface area contributed by atoms with Gasteiger partial charge < -0.3 is 10.6 Å². The van der Waals surface area contributed by atoms with E-state index in [2.05, 4.69) is 32.7 Å². The highest BCUT2D eigenvalue weighted by molar-refractivity contribution is 6.03. The van der Waals surface area contributed by atoms with Crippen molar-refractivity contribution in [3.63, 3.8) is 0 Å². The van der Waals surface area contributed by atoms with Gasteiger partial charge in [0.1, 0.15) is 12.1 Å². The summed E-state index contributed by atoms with van der Waals surface area (Å²) in [4.78, 5) is 36.7. The van der Waals surface area contributed by atoms with Crippen molar-refractivity contribution in [2.24, 2.45) is 0 Å². The number of nitrogens with zero attached hydrogens (tertiary/aromatic N) is 6. The zero-order valence-electron chi connectivity index (χ0n) is 25.7. The minimum atomic E-state index is -0.275. The predicted molar refractivity (Wildman–Crippen MR) is 187 cm³/mol. The summed E-state index contributed by atoms with van der Waals surface area (Å²) in [6.07, 6.45) is 3.27. The standard InChI is InChI=1S/C38H24N8O2/c1-21-25(17-39)35-43-31-11-3-5-15-33(31)45(35)37(47)27(21)19-41-29-13-7-10-24-23(29)9-8-14-30(24)42-20-28-22(2)26(18-40)36-44-32-12-4-6-16-34(32)46(36)38(28)48/h3-16,19-20,41-42H,1-2H3. The number of hydrogen-bond donors (Lipinski definition) is 2.